The van der Waals surface area contributed by atoms with E-state index in [9.17, 15) is 19.7 Å². The molecule has 0 atom stereocenters. The molecular weight excluding hydrogens is 412 g/mol. The summed E-state index contributed by atoms with van der Waals surface area (Å²) in [5, 5.41) is 19.1. The van der Waals surface area contributed by atoms with Crippen molar-refractivity contribution in [2.75, 3.05) is 10.6 Å². The van der Waals surface area contributed by atoms with Crippen molar-refractivity contribution in [3.8, 4) is 0 Å². The van der Waals surface area contributed by atoms with Gasteiger partial charge in [0.1, 0.15) is 6.20 Å². The molecular formula is C22H24N6O4. The summed E-state index contributed by atoms with van der Waals surface area (Å²) >= 11 is 0. The molecule has 0 saturated carbocycles. The second-order valence-electron chi connectivity index (χ2n) is 7.27. The summed E-state index contributed by atoms with van der Waals surface area (Å²) < 4.78 is 1.58. The third-order valence-corrected chi connectivity index (χ3v) is 4.68. The van der Waals surface area contributed by atoms with Gasteiger partial charge in [0, 0.05) is 37.8 Å². The predicted molar refractivity (Wildman–Crippen MR) is 120 cm³/mol. The number of hydrogen-bond acceptors (Lipinski definition) is 5. The van der Waals surface area contributed by atoms with Gasteiger partial charge in [-0.25, -0.2) is 4.79 Å². The van der Waals surface area contributed by atoms with Gasteiger partial charge >= 0.3 is 11.8 Å². The topological polar surface area (TPSA) is 131 Å². The van der Waals surface area contributed by atoms with Crippen LogP contribution in [-0.4, -0.2) is 26.4 Å². The predicted octanol–water partition coefficient (Wildman–Crippen LogP) is 3.76. The van der Waals surface area contributed by atoms with Crippen molar-refractivity contribution in [1.29, 1.82) is 0 Å². The van der Waals surface area contributed by atoms with Crippen LogP contribution in [0.25, 0.3) is 0 Å². The number of imidazole rings is 1. The maximum Gasteiger partial charge on any atom is 0.381 e. The molecule has 0 radical (unpaired) electrons. The number of carbonyl (C=O) groups is 2. The Labute approximate surface area is 184 Å². The fourth-order valence-corrected chi connectivity index (χ4v) is 3.09. The van der Waals surface area contributed by atoms with Crippen LogP contribution in [0.4, 0.5) is 22.0 Å². The maximum absolute atomic E-state index is 12.2. The summed E-state index contributed by atoms with van der Waals surface area (Å²) in [6, 6.07) is 14.3. The van der Waals surface area contributed by atoms with Crippen molar-refractivity contribution in [2.45, 2.75) is 33.4 Å². The van der Waals surface area contributed by atoms with E-state index in [1.165, 1.54) is 6.20 Å². The fourth-order valence-electron chi connectivity index (χ4n) is 3.09. The lowest BCUT2D eigenvalue weighted by Crippen LogP contribution is -2.24. The Morgan fingerprint density at radius 1 is 1.06 bits per heavy atom. The number of rotatable bonds is 8. The number of hydrogen-bond donors (Lipinski definition) is 3. The van der Waals surface area contributed by atoms with E-state index in [-0.39, 0.29) is 30.7 Å². The van der Waals surface area contributed by atoms with Crippen molar-refractivity contribution in [3.05, 3.63) is 81.8 Å². The minimum Gasteiger partial charge on any atom is -0.358 e. The Balaban J connectivity index is 1.48. The quantitative estimate of drug-likeness (QED) is 0.365. The van der Waals surface area contributed by atoms with E-state index in [2.05, 4.69) is 20.9 Å². The van der Waals surface area contributed by atoms with Crippen LogP contribution in [-0.2, 0) is 17.9 Å². The van der Waals surface area contributed by atoms with E-state index < -0.39 is 4.92 Å². The number of aryl methyl sites for hydroxylation is 3. The fraction of sp³-hybridized carbons (Fsp3) is 0.227. The van der Waals surface area contributed by atoms with E-state index in [0.717, 1.165) is 11.1 Å². The molecule has 0 aliphatic heterocycles. The summed E-state index contributed by atoms with van der Waals surface area (Å²) in [6.07, 6.45) is 1.48. The molecule has 1 aromatic heterocycles. The van der Waals surface area contributed by atoms with Crippen LogP contribution in [0, 0.1) is 24.0 Å². The van der Waals surface area contributed by atoms with Crippen LogP contribution in [0.15, 0.2) is 54.7 Å². The number of nitrogens with zero attached hydrogens (tertiary/aromatic N) is 3. The van der Waals surface area contributed by atoms with Gasteiger partial charge in [-0.1, -0.05) is 24.3 Å². The number of benzene rings is 2. The van der Waals surface area contributed by atoms with E-state index in [1.807, 2.05) is 37.3 Å². The van der Waals surface area contributed by atoms with Crippen molar-refractivity contribution in [1.82, 2.24) is 14.9 Å². The molecule has 32 heavy (non-hydrogen) atoms. The number of amides is 3. The Morgan fingerprint density at radius 2 is 1.75 bits per heavy atom. The van der Waals surface area contributed by atoms with Gasteiger partial charge in [0.05, 0.1) is 0 Å². The molecule has 0 unspecified atom stereocenters. The molecule has 2 aromatic carbocycles. The summed E-state index contributed by atoms with van der Waals surface area (Å²) in [5.74, 6) is 0.0437. The zero-order valence-electron chi connectivity index (χ0n) is 17.8. The Bertz CT molecular complexity index is 1140. The Kier molecular flexibility index (Phi) is 7.17. The minimum absolute atomic E-state index is 0.158. The number of nitro groups is 1. The monoisotopic (exact) mass is 436 g/mol. The largest absolute Gasteiger partial charge is 0.381 e. The highest BCUT2D eigenvalue weighted by molar-refractivity contribution is 5.99. The third-order valence-electron chi connectivity index (χ3n) is 4.68. The minimum atomic E-state index is -0.564. The van der Waals surface area contributed by atoms with Crippen molar-refractivity contribution in [3.63, 3.8) is 0 Å². The first kappa shape index (κ1) is 22.5. The highest BCUT2D eigenvalue weighted by Gasteiger charge is 2.15. The van der Waals surface area contributed by atoms with E-state index >= 15 is 0 Å². The number of urea groups is 1. The molecule has 1 heterocycles. The van der Waals surface area contributed by atoms with Gasteiger partial charge in [0.25, 0.3) is 0 Å². The number of aromatic nitrogens is 2. The zero-order chi connectivity index (χ0) is 23.1. The molecule has 10 heteroatoms. The van der Waals surface area contributed by atoms with Crippen molar-refractivity contribution >= 4 is 29.1 Å². The lowest BCUT2D eigenvalue weighted by Gasteiger charge is -2.10. The van der Waals surface area contributed by atoms with Gasteiger partial charge in [0.15, 0.2) is 0 Å². The van der Waals surface area contributed by atoms with Gasteiger partial charge < -0.3 is 30.6 Å². The van der Waals surface area contributed by atoms with Crippen LogP contribution in [0.5, 0.6) is 0 Å². The van der Waals surface area contributed by atoms with Gasteiger partial charge in [-0.2, -0.15) is 0 Å². The van der Waals surface area contributed by atoms with Crippen LogP contribution < -0.4 is 16.0 Å². The molecule has 0 aliphatic carbocycles. The Hall–Kier alpha value is -4.21. The summed E-state index contributed by atoms with van der Waals surface area (Å²) in [7, 11) is 0. The van der Waals surface area contributed by atoms with E-state index in [4.69, 9.17) is 0 Å². The average molecular weight is 436 g/mol. The lowest BCUT2D eigenvalue weighted by molar-refractivity contribution is -0.389. The average Bonchev–Trinajstić information content (AvgIpc) is 3.12. The molecule has 3 amide bonds. The molecule has 0 saturated heterocycles. The van der Waals surface area contributed by atoms with Crippen molar-refractivity contribution in [2.24, 2.45) is 0 Å². The molecule has 166 valence electrons. The first-order valence-corrected chi connectivity index (χ1v) is 9.98. The Morgan fingerprint density at radius 3 is 2.41 bits per heavy atom. The van der Waals surface area contributed by atoms with Gasteiger partial charge in [-0.05, 0) is 52.2 Å². The summed E-state index contributed by atoms with van der Waals surface area (Å²) in [5.41, 5.74) is 3.16. The number of nitrogens with one attached hydrogen (secondary N) is 3. The van der Waals surface area contributed by atoms with Gasteiger partial charge in [-0.15, -0.1) is 0 Å². The molecule has 3 rings (SSSR count). The van der Waals surface area contributed by atoms with Crippen molar-refractivity contribution < 1.29 is 14.5 Å². The summed E-state index contributed by atoms with van der Waals surface area (Å²) in [6.45, 7) is 4.18. The first-order valence-electron chi connectivity index (χ1n) is 9.98. The third kappa shape index (κ3) is 6.39. The van der Waals surface area contributed by atoms with Crippen LogP contribution in [0.2, 0.25) is 0 Å². The number of anilines is 2. The van der Waals surface area contributed by atoms with Gasteiger partial charge in [0.2, 0.25) is 11.7 Å². The van der Waals surface area contributed by atoms with Crippen LogP contribution in [0.1, 0.15) is 23.4 Å². The highest BCUT2D eigenvalue weighted by Crippen LogP contribution is 2.14. The first-order chi connectivity index (χ1) is 15.3. The standard InChI is InChI=1S/C22H24N6O4/c1-15-5-3-7-18(11-15)25-22(30)26-19-8-4-6-17(12-19)13-23-21(29)9-10-27-14-20(28(31)32)24-16(27)2/h3-8,11-12,14H,9-10,13H2,1-2H3,(H,23,29)(H2,25,26,30). The normalized spacial score (nSPS) is 10.4. The second kappa shape index (κ2) is 10.2. The molecule has 3 aromatic rings. The van der Waals surface area contributed by atoms with E-state index in [1.54, 1.807) is 29.7 Å². The van der Waals surface area contributed by atoms with Gasteiger partial charge in [-0.3, -0.25) is 4.79 Å². The molecule has 10 nitrogen and oxygen atoms in total. The maximum atomic E-state index is 12.2. The number of carbonyl (C=O) groups excluding carboxylic acids is 2. The second-order valence-corrected chi connectivity index (χ2v) is 7.27. The lowest BCUT2D eigenvalue weighted by atomic mass is 10.2. The smallest absolute Gasteiger partial charge is 0.358 e. The molecule has 3 N–H and O–H groups in total. The SMILES string of the molecule is Cc1cccc(NC(=O)Nc2cccc(CNC(=O)CCn3cc([N+](=O)[O-])nc3C)c2)c1. The van der Waals surface area contributed by atoms with Crippen LogP contribution in [0.3, 0.4) is 0 Å². The summed E-state index contributed by atoms with van der Waals surface area (Å²) in [4.78, 5) is 38.5. The zero-order valence-corrected chi connectivity index (χ0v) is 17.8. The molecule has 0 fully saturated rings. The molecule has 0 aliphatic rings. The molecule has 0 bridgehead atoms. The van der Waals surface area contributed by atoms with E-state index in [0.29, 0.717) is 23.7 Å². The van der Waals surface area contributed by atoms with Crippen LogP contribution >= 0.6 is 0 Å². The molecule has 0 spiro atoms. The highest BCUT2D eigenvalue weighted by atomic mass is 16.6.